The van der Waals surface area contributed by atoms with Crippen molar-refractivity contribution in [2.75, 3.05) is 13.2 Å². The highest BCUT2D eigenvalue weighted by Gasteiger charge is 2.29. The Morgan fingerprint density at radius 1 is 0.935 bits per heavy atom. The number of carboxylic acids is 1. The number of phenolic OH excluding ortho intramolecular Hbond substituents is 1. The van der Waals surface area contributed by atoms with E-state index in [1.54, 1.807) is 0 Å². The van der Waals surface area contributed by atoms with Gasteiger partial charge in [0.1, 0.15) is 23.9 Å². The zero-order valence-corrected chi connectivity index (χ0v) is 17.5. The molecule has 1 aromatic carbocycles. The van der Waals surface area contributed by atoms with Gasteiger partial charge >= 0.3 is 5.97 Å². The number of hydrogen-bond donors (Lipinski definition) is 7. The van der Waals surface area contributed by atoms with Crippen LogP contribution < -0.4 is 21.7 Å². The van der Waals surface area contributed by atoms with Crippen molar-refractivity contribution in [1.29, 1.82) is 0 Å². The van der Waals surface area contributed by atoms with Gasteiger partial charge in [0, 0.05) is 6.42 Å². The van der Waals surface area contributed by atoms with Crippen molar-refractivity contribution < 1.29 is 34.5 Å². The molecule has 0 heterocycles. The average Bonchev–Trinajstić information content (AvgIpc) is 2.71. The van der Waals surface area contributed by atoms with Crippen molar-refractivity contribution in [2.24, 2.45) is 11.7 Å². The molecule has 0 aliphatic carbocycles. The number of benzene rings is 1. The van der Waals surface area contributed by atoms with E-state index in [-0.39, 0.29) is 31.1 Å². The van der Waals surface area contributed by atoms with Gasteiger partial charge in [-0.2, -0.15) is 0 Å². The lowest BCUT2D eigenvalue weighted by Crippen LogP contribution is -2.57. The molecular weight excluding hydrogens is 408 g/mol. The van der Waals surface area contributed by atoms with Crippen molar-refractivity contribution >= 4 is 23.7 Å². The van der Waals surface area contributed by atoms with Crippen molar-refractivity contribution in [3.05, 3.63) is 29.8 Å². The fourth-order valence-corrected chi connectivity index (χ4v) is 2.76. The van der Waals surface area contributed by atoms with E-state index in [0.717, 1.165) is 0 Å². The number of rotatable bonds is 12. The van der Waals surface area contributed by atoms with E-state index in [1.807, 2.05) is 13.8 Å². The number of carbonyl (C=O) groups is 4. The van der Waals surface area contributed by atoms with Gasteiger partial charge in [-0.3, -0.25) is 14.4 Å². The fourth-order valence-electron chi connectivity index (χ4n) is 2.76. The summed E-state index contributed by atoms with van der Waals surface area (Å²) in [6.45, 7) is 2.55. The van der Waals surface area contributed by atoms with Crippen molar-refractivity contribution in [2.45, 2.75) is 44.8 Å². The van der Waals surface area contributed by atoms with E-state index in [9.17, 15) is 34.5 Å². The summed E-state index contributed by atoms with van der Waals surface area (Å²) < 4.78 is 0. The number of nitrogens with one attached hydrogen (secondary N) is 3. The van der Waals surface area contributed by atoms with Gasteiger partial charge in [-0.25, -0.2) is 4.79 Å². The number of nitrogens with two attached hydrogens (primary N) is 1. The summed E-state index contributed by atoms with van der Waals surface area (Å²) in [7, 11) is 0. The summed E-state index contributed by atoms with van der Waals surface area (Å²) in [6, 6.07) is 2.23. The smallest absolute Gasteiger partial charge is 0.326 e. The second-order valence-electron chi connectivity index (χ2n) is 7.47. The molecule has 0 bridgehead atoms. The van der Waals surface area contributed by atoms with E-state index in [1.165, 1.54) is 24.3 Å². The predicted molar refractivity (Wildman–Crippen MR) is 111 cm³/mol. The summed E-state index contributed by atoms with van der Waals surface area (Å²) in [5, 5.41) is 35.3. The minimum absolute atomic E-state index is 0.0253. The molecule has 0 unspecified atom stereocenters. The van der Waals surface area contributed by atoms with Crippen molar-refractivity contribution in [3.8, 4) is 5.75 Å². The van der Waals surface area contributed by atoms with Crippen LogP contribution in [0.25, 0.3) is 0 Å². The molecule has 3 amide bonds. The Hall–Kier alpha value is -3.18. The molecular formula is C20H30N4O7. The molecule has 11 heteroatoms. The lowest BCUT2D eigenvalue weighted by atomic mass is 10.0. The third kappa shape index (κ3) is 9.01. The highest BCUT2D eigenvalue weighted by molar-refractivity contribution is 5.93. The molecule has 3 atom stereocenters. The van der Waals surface area contributed by atoms with Crippen LogP contribution in [0, 0.1) is 5.92 Å². The number of hydrogen-bond acceptors (Lipinski definition) is 7. The molecule has 0 aliphatic rings. The molecule has 0 saturated carbocycles. The van der Waals surface area contributed by atoms with Gasteiger partial charge in [-0.1, -0.05) is 26.0 Å². The molecule has 0 aliphatic heterocycles. The maximum Gasteiger partial charge on any atom is 0.326 e. The number of aliphatic carboxylic acids is 1. The molecule has 8 N–H and O–H groups in total. The van der Waals surface area contributed by atoms with Gasteiger partial charge < -0.3 is 37.0 Å². The number of aliphatic hydroxyl groups excluding tert-OH is 1. The first-order valence-electron chi connectivity index (χ1n) is 9.79. The Kier molecular flexibility index (Phi) is 10.4. The van der Waals surface area contributed by atoms with Crippen LogP contribution in [-0.2, 0) is 25.6 Å². The van der Waals surface area contributed by atoms with Crippen LogP contribution >= 0.6 is 0 Å². The first-order valence-corrected chi connectivity index (χ1v) is 9.79. The standard InChI is InChI=1S/C20H30N4O7/c1-11(2)7-14(23-19(29)16(10-25)22-17(27)9-21)18(28)24-15(20(30)31)8-12-3-5-13(26)6-4-12/h3-6,11,14-16,25-26H,7-10,21H2,1-2H3,(H,22,27)(H,23,29)(H,24,28)(H,30,31)/t14-,15-,16-/m0/s1. The van der Waals surface area contributed by atoms with Crippen LogP contribution in [0.3, 0.4) is 0 Å². The van der Waals surface area contributed by atoms with Crippen LogP contribution in [0.2, 0.25) is 0 Å². The van der Waals surface area contributed by atoms with Crippen LogP contribution in [0.4, 0.5) is 0 Å². The maximum atomic E-state index is 12.8. The van der Waals surface area contributed by atoms with Crippen molar-refractivity contribution in [1.82, 2.24) is 16.0 Å². The third-order valence-corrected chi connectivity index (χ3v) is 4.35. The van der Waals surface area contributed by atoms with E-state index >= 15 is 0 Å². The van der Waals surface area contributed by atoms with E-state index in [0.29, 0.717) is 5.56 Å². The molecule has 11 nitrogen and oxygen atoms in total. The van der Waals surface area contributed by atoms with Crippen LogP contribution in [0.1, 0.15) is 25.8 Å². The largest absolute Gasteiger partial charge is 0.508 e. The van der Waals surface area contributed by atoms with Crippen molar-refractivity contribution in [3.63, 3.8) is 0 Å². The van der Waals surface area contributed by atoms with Gasteiger partial charge in [0.2, 0.25) is 17.7 Å². The Morgan fingerprint density at radius 2 is 1.48 bits per heavy atom. The SMILES string of the molecule is CC(C)C[C@H](NC(=O)[C@H](CO)NC(=O)CN)C(=O)N[C@@H](Cc1ccc(O)cc1)C(=O)O. The summed E-state index contributed by atoms with van der Waals surface area (Å²) in [5.74, 6) is -3.42. The van der Waals surface area contributed by atoms with Crippen LogP contribution in [0.5, 0.6) is 5.75 Å². The number of aliphatic hydroxyl groups is 1. The Balaban J connectivity index is 2.91. The molecule has 0 saturated heterocycles. The Labute approximate surface area is 180 Å². The first kappa shape index (κ1) is 25.9. The molecule has 0 aromatic heterocycles. The second-order valence-corrected chi connectivity index (χ2v) is 7.47. The van der Waals surface area contributed by atoms with Gasteiger partial charge in [-0.05, 0) is 30.0 Å². The lowest BCUT2D eigenvalue weighted by Gasteiger charge is -2.25. The highest BCUT2D eigenvalue weighted by Crippen LogP contribution is 2.12. The summed E-state index contributed by atoms with van der Waals surface area (Å²) in [5.41, 5.74) is 5.77. The van der Waals surface area contributed by atoms with Crippen LogP contribution in [-0.4, -0.2) is 70.3 Å². The minimum Gasteiger partial charge on any atom is -0.508 e. The topological polar surface area (TPSA) is 191 Å². The monoisotopic (exact) mass is 438 g/mol. The van der Waals surface area contributed by atoms with Gasteiger partial charge in [0.25, 0.3) is 0 Å². The van der Waals surface area contributed by atoms with E-state index in [4.69, 9.17) is 5.73 Å². The third-order valence-electron chi connectivity index (χ3n) is 4.35. The highest BCUT2D eigenvalue weighted by atomic mass is 16.4. The Morgan fingerprint density at radius 3 is 1.97 bits per heavy atom. The zero-order chi connectivity index (χ0) is 23.6. The fraction of sp³-hybridized carbons (Fsp3) is 0.500. The quantitative estimate of drug-likeness (QED) is 0.204. The number of carbonyl (C=O) groups excluding carboxylic acids is 3. The zero-order valence-electron chi connectivity index (χ0n) is 17.5. The number of phenols is 1. The molecule has 1 rings (SSSR count). The van der Waals surface area contributed by atoms with E-state index in [2.05, 4.69) is 16.0 Å². The van der Waals surface area contributed by atoms with E-state index < -0.39 is 48.4 Å². The predicted octanol–water partition coefficient (Wildman–Crippen LogP) is -1.53. The maximum absolute atomic E-state index is 12.8. The molecule has 172 valence electrons. The normalized spacial score (nSPS) is 13.7. The van der Waals surface area contributed by atoms with Gasteiger partial charge in [0.15, 0.2) is 0 Å². The molecule has 0 fully saturated rings. The second kappa shape index (κ2) is 12.5. The minimum atomic E-state index is -1.30. The Bertz CT molecular complexity index is 767. The van der Waals surface area contributed by atoms with Crippen LogP contribution in [0.15, 0.2) is 24.3 Å². The average molecular weight is 438 g/mol. The molecule has 0 spiro atoms. The van der Waals surface area contributed by atoms with Gasteiger partial charge in [0.05, 0.1) is 13.2 Å². The molecule has 0 radical (unpaired) electrons. The lowest BCUT2D eigenvalue weighted by molar-refractivity contribution is -0.142. The number of carboxylic acid groups (broad SMARTS) is 1. The summed E-state index contributed by atoms with van der Waals surface area (Å²) in [4.78, 5) is 48.2. The summed E-state index contributed by atoms with van der Waals surface area (Å²) >= 11 is 0. The number of aromatic hydroxyl groups is 1. The summed E-state index contributed by atoms with van der Waals surface area (Å²) in [6.07, 6.45) is 0.168. The molecule has 1 aromatic rings. The number of amides is 3. The van der Waals surface area contributed by atoms with Gasteiger partial charge in [-0.15, -0.1) is 0 Å². The molecule has 31 heavy (non-hydrogen) atoms. The first-order chi connectivity index (χ1) is 14.6.